The highest BCUT2D eigenvalue weighted by Gasteiger charge is 2.37. The summed E-state index contributed by atoms with van der Waals surface area (Å²) in [6, 6.07) is 5.84. The molecule has 0 aliphatic carbocycles. The summed E-state index contributed by atoms with van der Waals surface area (Å²) in [5.41, 5.74) is 1.78. The van der Waals surface area contributed by atoms with Crippen molar-refractivity contribution in [1.82, 2.24) is 9.78 Å². The van der Waals surface area contributed by atoms with E-state index in [9.17, 15) is 13.2 Å². The molecular weight excluding hydrogens is 321 g/mol. The zero-order chi connectivity index (χ0) is 13.6. The summed E-state index contributed by atoms with van der Waals surface area (Å²) in [4.78, 5) is 0. The van der Waals surface area contributed by atoms with E-state index in [4.69, 9.17) is 0 Å². The minimum Gasteiger partial charge on any atom is -0.267 e. The van der Waals surface area contributed by atoms with Gasteiger partial charge in [0.15, 0.2) is 0 Å². The molecule has 2 nitrogen and oxygen atoms in total. The number of fused-ring (bicyclic) bond motifs is 1. The van der Waals surface area contributed by atoms with Crippen LogP contribution in [-0.4, -0.2) is 15.7 Å². The molecule has 0 bridgehead atoms. The van der Waals surface area contributed by atoms with Crippen LogP contribution in [-0.2, 0) is 13.0 Å². The molecule has 1 aliphatic rings. The van der Waals surface area contributed by atoms with Crippen molar-refractivity contribution >= 4 is 15.9 Å². The smallest absolute Gasteiger partial charge is 0.255 e. The highest BCUT2D eigenvalue weighted by atomic mass is 79.9. The largest absolute Gasteiger partial charge is 0.267 e. The van der Waals surface area contributed by atoms with E-state index in [1.807, 2.05) is 0 Å². The van der Waals surface area contributed by atoms with Gasteiger partial charge in [0.2, 0.25) is 0 Å². The third-order valence-electron chi connectivity index (χ3n) is 3.23. The molecule has 0 fully saturated rings. The second-order valence-electron chi connectivity index (χ2n) is 4.62. The molecule has 1 aromatic carbocycles. The van der Waals surface area contributed by atoms with E-state index >= 15 is 0 Å². The van der Waals surface area contributed by atoms with Crippen molar-refractivity contribution in [3.8, 4) is 11.3 Å². The molecule has 0 unspecified atom stereocenters. The molecule has 0 saturated heterocycles. The molecule has 0 amide bonds. The second-order valence-corrected chi connectivity index (χ2v) is 5.42. The summed E-state index contributed by atoms with van der Waals surface area (Å²) in [6.45, 7) is 0.197. The summed E-state index contributed by atoms with van der Waals surface area (Å²) in [5.74, 6) is -3.02. The Labute approximate surface area is 116 Å². The molecule has 0 N–H and O–H groups in total. The fourth-order valence-corrected chi connectivity index (χ4v) is 2.88. The normalized spacial score (nSPS) is 17.3. The zero-order valence-electron chi connectivity index (χ0n) is 9.84. The van der Waals surface area contributed by atoms with E-state index < -0.39 is 5.92 Å². The Kier molecular flexibility index (Phi) is 2.92. The summed E-state index contributed by atoms with van der Waals surface area (Å²) >= 11 is 3.33. The number of benzene rings is 1. The number of hydrogen-bond acceptors (Lipinski definition) is 1. The van der Waals surface area contributed by atoms with E-state index in [0.29, 0.717) is 21.4 Å². The molecule has 0 saturated carbocycles. The van der Waals surface area contributed by atoms with Crippen LogP contribution in [0, 0.1) is 5.82 Å². The van der Waals surface area contributed by atoms with Crippen LogP contribution in [0.1, 0.15) is 12.1 Å². The molecular formula is C13H10BrF3N2. The molecule has 100 valence electrons. The van der Waals surface area contributed by atoms with Crippen molar-refractivity contribution in [2.75, 3.05) is 0 Å². The summed E-state index contributed by atoms with van der Waals surface area (Å²) in [6.07, 6.45) is -0.515. The first-order chi connectivity index (χ1) is 8.96. The Morgan fingerprint density at radius 2 is 1.89 bits per heavy atom. The first-order valence-corrected chi connectivity index (χ1v) is 6.64. The Bertz CT molecular complexity index is 620. The topological polar surface area (TPSA) is 17.8 Å². The van der Waals surface area contributed by atoms with Gasteiger partial charge in [0.1, 0.15) is 11.5 Å². The van der Waals surface area contributed by atoms with Crippen LogP contribution in [0.4, 0.5) is 13.2 Å². The molecule has 1 aliphatic heterocycles. The number of hydrogen-bond donors (Lipinski definition) is 0. The van der Waals surface area contributed by atoms with Gasteiger partial charge in [0.25, 0.3) is 5.92 Å². The Hall–Kier alpha value is -1.30. The zero-order valence-corrected chi connectivity index (χ0v) is 11.4. The van der Waals surface area contributed by atoms with Gasteiger partial charge in [-0.25, -0.2) is 13.2 Å². The van der Waals surface area contributed by atoms with E-state index in [1.165, 1.54) is 12.1 Å². The van der Waals surface area contributed by atoms with Crippen molar-refractivity contribution < 1.29 is 13.2 Å². The second kappa shape index (κ2) is 4.37. The third-order valence-corrected chi connectivity index (χ3v) is 4.06. The van der Waals surface area contributed by atoms with Gasteiger partial charge in [-0.15, -0.1) is 0 Å². The lowest BCUT2D eigenvalue weighted by Crippen LogP contribution is -2.29. The predicted molar refractivity (Wildman–Crippen MR) is 68.6 cm³/mol. The lowest BCUT2D eigenvalue weighted by Gasteiger charge is -2.22. The Morgan fingerprint density at radius 1 is 1.21 bits per heavy atom. The third kappa shape index (κ3) is 2.29. The van der Waals surface area contributed by atoms with E-state index in [1.54, 1.807) is 16.8 Å². The number of aryl methyl sites for hydroxylation is 1. The van der Waals surface area contributed by atoms with Crippen LogP contribution in [0.15, 0.2) is 28.7 Å². The van der Waals surface area contributed by atoms with Crippen molar-refractivity contribution in [1.29, 1.82) is 0 Å². The van der Waals surface area contributed by atoms with Gasteiger partial charge in [0.05, 0.1) is 16.6 Å². The lowest BCUT2D eigenvalue weighted by atomic mass is 10.1. The van der Waals surface area contributed by atoms with Gasteiger partial charge in [-0.3, -0.25) is 4.68 Å². The molecule has 0 radical (unpaired) electrons. The van der Waals surface area contributed by atoms with Crippen LogP contribution in [0.3, 0.4) is 0 Å². The minimum absolute atomic E-state index is 0.197. The first kappa shape index (κ1) is 12.7. The number of halogens is 4. The van der Waals surface area contributed by atoms with Gasteiger partial charge in [0, 0.05) is 18.5 Å². The predicted octanol–water partition coefficient (Wildman–Crippen LogP) is 4.03. The van der Waals surface area contributed by atoms with Gasteiger partial charge in [-0.2, -0.15) is 5.10 Å². The number of rotatable bonds is 1. The molecule has 2 aromatic rings. The number of alkyl halides is 2. The van der Waals surface area contributed by atoms with E-state index in [2.05, 4.69) is 21.0 Å². The molecule has 0 atom stereocenters. The van der Waals surface area contributed by atoms with Gasteiger partial charge < -0.3 is 0 Å². The maximum atomic E-state index is 13.4. The SMILES string of the molecule is Fc1ccc(-c2nn3c(c2Br)CC(F)(F)CC3)cc1. The lowest BCUT2D eigenvalue weighted by molar-refractivity contribution is -0.0245. The monoisotopic (exact) mass is 330 g/mol. The highest BCUT2D eigenvalue weighted by Crippen LogP contribution is 2.37. The van der Waals surface area contributed by atoms with Crippen LogP contribution < -0.4 is 0 Å². The van der Waals surface area contributed by atoms with Crippen LogP contribution in [0.25, 0.3) is 11.3 Å². The summed E-state index contributed by atoms with van der Waals surface area (Å²) < 4.78 is 41.9. The fourth-order valence-electron chi connectivity index (χ4n) is 2.22. The molecule has 6 heteroatoms. The van der Waals surface area contributed by atoms with Crippen LogP contribution >= 0.6 is 15.9 Å². The molecule has 3 rings (SSSR count). The summed E-state index contributed by atoms with van der Waals surface area (Å²) in [5, 5.41) is 4.33. The maximum Gasteiger partial charge on any atom is 0.255 e. The standard InChI is InChI=1S/C13H10BrF3N2/c14-11-10-7-13(16,17)5-6-19(10)18-12(11)8-1-3-9(15)4-2-8/h1-4H,5-7H2. The van der Waals surface area contributed by atoms with Crippen molar-refractivity contribution in [3.63, 3.8) is 0 Å². The molecule has 2 heterocycles. The van der Waals surface area contributed by atoms with E-state index in [0.717, 1.165) is 0 Å². The Balaban J connectivity index is 2.06. The van der Waals surface area contributed by atoms with E-state index in [-0.39, 0.29) is 25.2 Å². The van der Waals surface area contributed by atoms with Gasteiger partial charge >= 0.3 is 0 Å². The summed E-state index contributed by atoms with van der Waals surface area (Å²) in [7, 11) is 0. The molecule has 19 heavy (non-hydrogen) atoms. The minimum atomic E-state index is -2.68. The molecule has 0 spiro atoms. The van der Waals surface area contributed by atoms with Crippen molar-refractivity contribution in [3.05, 3.63) is 40.2 Å². The first-order valence-electron chi connectivity index (χ1n) is 5.85. The molecule has 1 aromatic heterocycles. The fraction of sp³-hybridized carbons (Fsp3) is 0.308. The van der Waals surface area contributed by atoms with Crippen molar-refractivity contribution in [2.24, 2.45) is 0 Å². The van der Waals surface area contributed by atoms with Crippen molar-refractivity contribution in [2.45, 2.75) is 25.3 Å². The number of nitrogens with zero attached hydrogens (tertiary/aromatic N) is 2. The quantitative estimate of drug-likeness (QED) is 0.771. The average molecular weight is 331 g/mol. The van der Waals surface area contributed by atoms with Gasteiger partial charge in [-0.05, 0) is 40.2 Å². The highest BCUT2D eigenvalue weighted by molar-refractivity contribution is 9.10. The van der Waals surface area contributed by atoms with Gasteiger partial charge in [-0.1, -0.05) is 0 Å². The maximum absolute atomic E-state index is 13.4. The van der Waals surface area contributed by atoms with Crippen LogP contribution in [0.2, 0.25) is 0 Å². The average Bonchev–Trinajstić information content (AvgIpc) is 2.67. The number of aromatic nitrogens is 2. The Morgan fingerprint density at radius 3 is 2.58 bits per heavy atom. The van der Waals surface area contributed by atoms with Crippen LogP contribution in [0.5, 0.6) is 0 Å².